The van der Waals surface area contributed by atoms with Crippen molar-refractivity contribution in [1.29, 1.82) is 0 Å². The summed E-state index contributed by atoms with van der Waals surface area (Å²) in [6, 6.07) is 8.33. The molecule has 30 heavy (non-hydrogen) atoms. The summed E-state index contributed by atoms with van der Waals surface area (Å²) in [5.41, 5.74) is 1.58. The predicted octanol–water partition coefficient (Wildman–Crippen LogP) is 5.78. The summed E-state index contributed by atoms with van der Waals surface area (Å²) in [6.07, 6.45) is -0.484. The van der Waals surface area contributed by atoms with E-state index in [2.05, 4.69) is 12.3 Å². The zero-order valence-electron chi connectivity index (χ0n) is 17.7. The first-order chi connectivity index (χ1) is 14.1. The number of ether oxygens (including phenoxy) is 1. The first-order valence-electron chi connectivity index (χ1n) is 10.4. The molecule has 1 N–H and O–H groups in total. The number of alkyl halides is 3. The number of hydrogen-bond acceptors (Lipinski definition) is 3. The molecular weight excluding hydrogens is 393 g/mol. The van der Waals surface area contributed by atoms with Gasteiger partial charge in [-0.25, -0.2) is 5.01 Å². The van der Waals surface area contributed by atoms with Gasteiger partial charge in [-0.15, -0.1) is 0 Å². The summed E-state index contributed by atoms with van der Waals surface area (Å²) in [5.74, 6) is 0.0311. The van der Waals surface area contributed by atoms with Crippen molar-refractivity contribution in [3.63, 3.8) is 0 Å². The summed E-state index contributed by atoms with van der Waals surface area (Å²) < 4.78 is 48.3. The van der Waals surface area contributed by atoms with Crippen molar-refractivity contribution in [3.05, 3.63) is 42.0 Å². The van der Waals surface area contributed by atoms with Crippen LogP contribution in [0.1, 0.15) is 58.1 Å². The number of unbranched alkanes of at least 4 members (excludes halogenated alkanes) is 3. The van der Waals surface area contributed by atoms with Gasteiger partial charge in [-0.05, 0) is 43.4 Å². The van der Waals surface area contributed by atoms with Crippen molar-refractivity contribution in [1.82, 2.24) is 10.4 Å². The number of fused-ring (bicyclic) bond motifs is 1. The van der Waals surface area contributed by atoms with E-state index in [1.54, 1.807) is 26.0 Å². The van der Waals surface area contributed by atoms with Crippen LogP contribution in [0.3, 0.4) is 0 Å². The summed E-state index contributed by atoms with van der Waals surface area (Å²) in [4.78, 5) is 12.1. The number of nitrogens with zero attached hydrogens (tertiary/aromatic N) is 1. The molecule has 1 fully saturated rings. The maximum atomic E-state index is 14.1. The molecule has 0 aliphatic carbocycles. The molecule has 0 saturated carbocycles. The number of carbonyl (C=O) groups excluding carboxylic acids is 1. The first-order valence-corrected chi connectivity index (χ1v) is 10.4. The maximum Gasteiger partial charge on any atom is 0.409 e. The Balaban J connectivity index is 1.96. The summed E-state index contributed by atoms with van der Waals surface area (Å²) >= 11 is 0. The Morgan fingerprint density at radius 3 is 2.53 bits per heavy atom. The Kier molecular flexibility index (Phi) is 6.60. The lowest BCUT2D eigenvalue weighted by atomic mass is 9.93. The van der Waals surface area contributed by atoms with Gasteiger partial charge in [0.15, 0.2) is 0 Å². The third kappa shape index (κ3) is 4.89. The van der Waals surface area contributed by atoms with E-state index in [0.717, 1.165) is 36.1 Å². The highest BCUT2D eigenvalue weighted by molar-refractivity contribution is 5.89. The van der Waals surface area contributed by atoms with E-state index in [0.29, 0.717) is 17.7 Å². The predicted molar refractivity (Wildman–Crippen MR) is 111 cm³/mol. The SMILES string of the molecule is CCCCCCOc1cc([C@H](N2CC(C)(C)C(=O)N2)C(F)(F)F)cc2ccccc12. The summed E-state index contributed by atoms with van der Waals surface area (Å²) in [6.45, 7) is 5.82. The van der Waals surface area contributed by atoms with Crippen molar-refractivity contribution in [3.8, 4) is 5.75 Å². The van der Waals surface area contributed by atoms with Gasteiger partial charge in [0.2, 0.25) is 5.91 Å². The number of halogens is 3. The quantitative estimate of drug-likeness (QED) is 0.549. The standard InChI is InChI=1S/C23H29F3N2O2/c1-4-5-6-9-12-30-19-14-17(13-16-10-7-8-11-18(16)19)20(23(24,25)26)28-15-22(2,3)21(29)27-28/h7-8,10-11,13-14,20H,4-6,9,12,15H2,1-3H3,(H,27,29)/t20-/m0/s1. The molecule has 2 aromatic carbocycles. The molecule has 0 unspecified atom stereocenters. The minimum Gasteiger partial charge on any atom is -0.493 e. The van der Waals surface area contributed by atoms with E-state index in [-0.39, 0.29) is 12.1 Å². The van der Waals surface area contributed by atoms with Crippen LogP contribution in [-0.2, 0) is 4.79 Å². The van der Waals surface area contributed by atoms with E-state index in [1.807, 2.05) is 12.1 Å². The van der Waals surface area contributed by atoms with Gasteiger partial charge in [-0.3, -0.25) is 10.2 Å². The van der Waals surface area contributed by atoms with Crippen molar-refractivity contribution >= 4 is 16.7 Å². The number of nitrogens with one attached hydrogen (secondary N) is 1. The summed E-state index contributed by atoms with van der Waals surface area (Å²) in [7, 11) is 0. The van der Waals surface area contributed by atoms with Crippen LogP contribution >= 0.6 is 0 Å². The molecular formula is C23H29F3N2O2. The Bertz CT molecular complexity index is 896. The molecule has 2 aromatic rings. The van der Waals surface area contributed by atoms with Gasteiger partial charge in [0.25, 0.3) is 0 Å². The average Bonchev–Trinajstić information content (AvgIpc) is 2.92. The van der Waals surface area contributed by atoms with Crippen LogP contribution in [0.4, 0.5) is 13.2 Å². The molecule has 3 rings (SSSR count). The molecule has 0 radical (unpaired) electrons. The molecule has 1 atom stereocenters. The molecule has 0 aromatic heterocycles. The molecule has 1 saturated heterocycles. The largest absolute Gasteiger partial charge is 0.493 e. The smallest absolute Gasteiger partial charge is 0.409 e. The van der Waals surface area contributed by atoms with Gasteiger partial charge in [0.05, 0.1) is 12.0 Å². The third-order valence-electron chi connectivity index (χ3n) is 5.46. The lowest BCUT2D eigenvalue weighted by Crippen LogP contribution is -2.43. The molecule has 164 valence electrons. The number of hydrazine groups is 1. The molecule has 1 aliphatic rings. The van der Waals surface area contributed by atoms with Crippen LogP contribution in [0, 0.1) is 5.41 Å². The fourth-order valence-electron chi connectivity index (χ4n) is 3.81. The average molecular weight is 422 g/mol. The van der Waals surface area contributed by atoms with Gasteiger partial charge in [-0.2, -0.15) is 13.2 Å². The van der Waals surface area contributed by atoms with Crippen molar-refractivity contribution in [2.24, 2.45) is 5.41 Å². The van der Waals surface area contributed by atoms with Gasteiger partial charge < -0.3 is 4.74 Å². The lowest BCUT2D eigenvalue weighted by molar-refractivity contribution is -0.191. The van der Waals surface area contributed by atoms with Crippen molar-refractivity contribution in [2.75, 3.05) is 13.2 Å². The molecule has 0 bridgehead atoms. The highest BCUT2D eigenvalue weighted by Crippen LogP contribution is 2.43. The topological polar surface area (TPSA) is 41.6 Å². The van der Waals surface area contributed by atoms with E-state index in [9.17, 15) is 18.0 Å². The molecule has 1 aliphatic heterocycles. The molecule has 1 heterocycles. The van der Waals surface area contributed by atoms with Crippen molar-refractivity contribution in [2.45, 2.75) is 58.7 Å². The van der Waals surface area contributed by atoms with Crippen LogP contribution in [0.2, 0.25) is 0 Å². The fraction of sp³-hybridized carbons (Fsp3) is 0.522. The van der Waals surface area contributed by atoms with Gasteiger partial charge >= 0.3 is 6.18 Å². The van der Waals surface area contributed by atoms with E-state index in [1.165, 1.54) is 12.1 Å². The van der Waals surface area contributed by atoms with Crippen LogP contribution in [0.5, 0.6) is 5.75 Å². The van der Waals surface area contributed by atoms with Crippen LogP contribution in [0.25, 0.3) is 10.8 Å². The fourth-order valence-corrected chi connectivity index (χ4v) is 3.81. The normalized spacial score (nSPS) is 17.9. The highest BCUT2D eigenvalue weighted by Gasteiger charge is 2.51. The Morgan fingerprint density at radius 2 is 1.90 bits per heavy atom. The minimum atomic E-state index is -4.56. The van der Waals surface area contributed by atoms with E-state index in [4.69, 9.17) is 4.74 Å². The molecule has 7 heteroatoms. The number of rotatable bonds is 8. The van der Waals surface area contributed by atoms with Crippen molar-refractivity contribution < 1.29 is 22.7 Å². The van der Waals surface area contributed by atoms with Crippen LogP contribution < -0.4 is 10.2 Å². The number of hydrogen-bond donors (Lipinski definition) is 1. The second kappa shape index (κ2) is 8.84. The third-order valence-corrected chi connectivity index (χ3v) is 5.46. The number of amides is 1. The zero-order valence-corrected chi connectivity index (χ0v) is 17.7. The second-order valence-electron chi connectivity index (χ2n) is 8.55. The number of carbonyl (C=O) groups is 1. The van der Waals surface area contributed by atoms with Gasteiger partial charge in [-0.1, -0.05) is 50.5 Å². The Hall–Kier alpha value is -2.28. The van der Waals surface area contributed by atoms with Crippen LogP contribution in [-0.4, -0.2) is 30.2 Å². The first kappa shape index (κ1) is 22.4. The van der Waals surface area contributed by atoms with E-state index >= 15 is 0 Å². The summed E-state index contributed by atoms with van der Waals surface area (Å²) in [5, 5.41) is 2.46. The molecule has 0 spiro atoms. The van der Waals surface area contributed by atoms with Gasteiger partial charge in [0.1, 0.15) is 11.8 Å². The van der Waals surface area contributed by atoms with E-state index < -0.39 is 23.5 Å². The Morgan fingerprint density at radius 1 is 1.17 bits per heavy atom. The van der Waals surface area contributed by atoms with Crippen LogP contribution in [0.15, 0.2) is 36.4 Å². The minimum absolute atomic E-state index is 0.0317. The maximum absolute atomic E-state index is 14.1. The lowest BCUT2D eigenvalue weighted by Gasteiger charge is -2.30. The monoisotopic (exact) mass is 422 g/mol. The highest BCUT2D eigenvalue weighted by atomic mass is 19.4. The van der Waals surface area contributed by atoms with Gasteiger partial charge in [0, 0.05) is 11.9 Å². The number of benzene rings is 2. The second-order valence-corrected chi connectivity index (χ2v) is 8.55. The zero-order chi connectivity index (χ0) is 21.9. The Labute approximate surface area is 175 Å². The molecule has 1 amide bonds. The molecule has 4 nitrogen and oxygen atoms in total.